The number of fused-ring (bicyclic) bond motifs is 2. The standard InChI is InChI=1S/C24H20N2O4S/c27-24(23-15-18-6-4-5-9-22(18)30-23)25-20-11-10-17-12-13-26(16-19(17)14-20)31(28,29)21-7-2-1-3-8-21/h1-11,14-15H,12-13,16H2,(H,25,27). The minimum Gasteiger partial charge on any atom is -0.451 e. The van der Waals surface area contributed by atoms with Crippen LogP contribution in [0.25, 0.3) is 11.0 Å². The van der Waals surface area contributed by atoms with Gasteiger partial charge in [0.05, 0.1) is 4.90 Å². The van der Waals surface area contributed by atoms with Crippen LogP contribution in [0.4, 0.5) is 5.69 Å². The molecule has 1 amide bonds. The number of anilines is 1. The Balaban J connectivity index is 1.37. The SMILES string of the molecule is O=C(Nc1ccc2c(c1)CN(S(=O)(=O)c1ccccc1)CC2)c1cc2ccccc2o1. The number of hydrogen-bond acceptors (Lipinski definition) is 4. The quantitative estimate of drug-likeness (QED) is 0.517. The van der Waals surface area contributed by atoms with E-state index in [9.17, 15) is 13.2 Å². The number of carbonyl (C=O) groups excluding carboxylic acids is 1. The molecule has 5 rings (SSSR count). The summed E-state index contributed by atoms with van der Waals surface area (Å²) in [4.78, 5) is 12.9. The lowest BCUT2D eigenvalue weighted by Crippen LogP contribution is -2.36. The molecule has 0 atom stereocenters. The smallest absolute Gasteiger partial charge is 0.291 e. The molecule has 0 radical (unpaired) electrons. The van der Waals surface area contributed by atoms with Crippen molar-refractivity contribution in [1.82, 2.24) is 4.31 Å². The Labute approximate surface area is 180 Å². The second-order valence-electron chi connectivity index (χ2n) is 7.49. The van der Waals surface area contributed by atoms with Crippen LogP contribution in [-0.2, 0) is 23.0 Å². The molecular weight excluding hydrogens is 412 g/mol. The largest absolute Gasteiger partial charge is 0.451 e. The zero-order chi connectivity index (χ0) is 21.4. The number of amides is 1. The van der Waals surface area contributed by atoms with E-state index in [-0.39, 0.29) is 23.1 Å². The van der Waals surface area contributed by atoms with Gasteiger partial charge in [-0.15, -0.1) is 0 Å². The number of rotatable bonds is 4. The number of para-hydroxylation sites is 1. The van der Waals surface area contributed by atoms with Crippen LogP contribution in [0, 0.1) is 0 Å². The van der Waals surface area contributed by atoms with Crippen LogP contribution in [0.5, 0.6) is 0 Å². The van der Waals surface area contributed by atoms with Crippen LogP contribution in [0.1, 0.15) is 21.7 Å². The predicted molar refractivity (Wildman–Crippen MR) is 118 cm³/mol. The first-order valence-corrected chi connectivity index (χ1v) is 11.4. The van der Waals surface area contributed by atoms with Gasteiger partial charge in [0.1, 0.15) is 5.58 Å². The van der Waals surface area contributed by atoms with Gasteiger partial charge in [-0.25, -0.2) is 8.42 Å². The van der Waals surface area contributed by atoms with Crippen LogP contribution in [0.15, 0.2) is 88.2 Å². The molecule has 4 aromatic rings. The Morgan fingerprint density at radius 2 is 1.68 bits per heavy atom. The topological polar surface area (TPSA) is 79.6 Å². The van der Waals surface area contributed by atoms with E-state index in [1.807, 2.05) is 42.5 Å². The number of nitrogens with one attached hydrogen (secondary N) is 1. The molecule has 31 heavy (non-hydrogen) atoms. The fourth-order valence-electron chi connectivity index (χ4n) is 3.84. The average Bonchev–Trinajstić information content (AvgIpc) is 3.24. The molecule has 1 aromatic heterocycles. The van der Waals surface area contributed by atoms with Gasteiger partial charge in [-0.2, -0.15) is 4.31 Å². The molecule has 0 spiro atoms. The van der Waals surface area contributed by atoms with Gasteiger partial charge >= 0.3 is 0 Å². The first kappa shape index (κ1) is 19.5. The highest BCUT2D eigenvalue weighted by Crippen LogP contribution is 2.27. The maximum Gasteiger partial charge on any atom is 0.291 e. The predicted octanol–water partition coefficient (Wildman–Crippen LogP) is 4.43. The molecule has 0 unspecified atom stereocenters. The Kier molecular flexibility index (Phi) is 4.84. The lowest BCUT2D eigenvalue weighted by Gasteiger charge is -2.28. The van der Waals surface area contributed by atoms with E-state index in [1.165, 1.54) is 4.31 Å². The van der Waals surface area contributed by atoms with Gasteiger partial charge in [0.25, 0.3) is 5.91 Å². The molecule has 0 fully saturated rings. The molecule has 0 saturated heterocycles. The van der Waals surface area contributed by atoms with E-state index >= 15 is 0 Å². The first-order chi connectivity index (χ1) is 15.0. The first-order valence-electron chi connectivity index (χ1n) is 9.98. The highest BCUT2D eigenvalue weighted by Gasteiger charge is 2.28. The molecule has 3 aromatic carbocycles. The number of hydrogen-bond donors (Lipinski definition) is 1. The van der Waals surface area contributed by atoms with Gasteiger partial charge in [-0.3, -0.25) is 4.79 Å². The summed E-state index contributed by atoms with van der Waals surface area (Å²) >= 11 is 0. The maximum absolute atomic E-state index is 13.0. The number of sulfonamides is 1. The molecule has 0 bridgehead atoms. The van der Waals surface area contributed by atoms with Gasteiger partial charge in [0, 0.05) is 24.2 Å². The second-order valence-corrected chi connectivity index (χ2v) is 9.43. The molecule has 0 saturated carbocycles. The monoisotopic (exact) mass is 432 g/mol. The highest BCUT2D eigenvalue weighted by atomic mass is 32.2. The summed E-state index contributed by atoms with van der Waals surface area (Å²) in [5.41, 5.74) is 3.22. The van der Waals surface area contributed by atoms with Crippen molar-refractivity contribution in [1.29, 1.82) is 0 Å². The summed E-state index contributed by atoms with van der Waals surface area (Å²) in [7, 11) is -3.57. The van der Waals surface area contributed by atoms with Crippen LogP contribution >= 0.6 is 0 Å². The van der Waals surface area contributed by atoms with E-state index in [2.05, 4.69) is 5.32 Å². The Hall–Kier alpha value is -3.42. The number of benzene rings is 3. The maximum atomic E-state index is 13.0. The van der Waals surface area contributed by atoms with Crippen molar-refractivity contribution < 1.29 is 17.6 Å². The van der Waals surface area contributed by atoms with E-state index in [0.717, 1.165) is 16.5 Å². The zero-order valence-electron chi connectivity index (χ0n) is 16.6. The molecule has 6 nitrogen and oxygen atoms in total. The molecular formula is C24H20N2O4S. The second kappa shape index (κ2) is 7.68. The summed E-state index contributed by atoms with van der Waals surface area (Å²) in [6.07, 6.45) is 0.624. The van der Waals surface area contributed by atoms with Gasteiger partial charge in [-0.1, -0.05) is 42.5 Å². The molecule has 1 aliphatic heterocycles. The number of carbonyl (C=O) groups is 1. The van der Waals surface area contributed by atoms with Crippen LogP contribution in [0.2, 0.25) is 0 Å². The van der Waals surface area contributed by atoms with Crippen LogP contribution in [0.3, 0.4) is 0 Å². The van der Waals surface area contributed by atoms with Crippen molar-refractivity contribution in [2.24, 2.45) is 0 Å². The summed E-state index contributed by atoms with van der Waals surface area (Å²) < 4.78 is 33.1. The third kappa shape index (κ3) is 3.73. The summed E-state index contributed by atoms with van der Waals surface area (Å²) in [6, 6.07) is 23.2. The lowest BCUT2D eigenvalue weighted by atomic mass is 10.0. The summed E-state index contributed by atoms with van der Waals surface area (Å²) in [5.74, 6) is -0.118. The van der Waals surface area contributed by atoms with Crippen molar-refractivity contribution >= 4 is 32.6 Å². The van der Waals surface area contributed by atoms with Crippen molar-refractivity contribution in [3.8, 4) is 0 Å². The normalized spacial score (nSPS) is 14.3. The van der Waals surface area contributed by atoms with Gasteiger partial charge in [-0.05, 0) is 53.9 Å². The molecule has 1 N–H and O–H groups in total. The Morgan fingerprint density at radius 3 is 2.48 bits per heavy atom. The van der Waals surface area contributed by atoms with E-state index in [0.29, 0.717) is 24.2 Å². The lowest BCUT2D eigenvalue weighted by molar-refractivity contribution is 0.0998. The van der Waals surface area contributed by atoms with Gasteiger partial charge < -0.3 is 9.73 Å². The van der Waals surface area contributed by atoms with Crippen LogP contribution in [-0.4, -0.2) is 25.2 Å². The fourth-order valence-corrected chi connectivity index (χ4v) is 5.28. The Bertz CT molecular complexity index is 1340. The average molecular weight is 433 g/mol. The number of nitrogens with zero attached hydrogens (tertiary/aromatic N) is 1. The highest BCUT2D eigenvalue weighted by molar-refractivity contribution is 7.89. The van der Waals surface area contributed by atoms with Crippen molar-refractivity contribution in [2.45, 2.75) is 17.9 Å². The zero-order valence-corrected chi connectivity index (χ0v) is 17.4. The van der Waals surface area contributed by atoms with Gasteiger partial charge in [0.15, 0.2) is 5.76 Å². The van der Waals surface area contributed by atoms with E-state index in [4.69, 9.17) is 4.42 Å². The molecule has 1 aliphatic rings. The molecule has 2 heterocycles. The molecule has 7 heteroatoms. The minimum absolute atomic E-state index is 0.229. The molecule has 156 valence electrons. The van der Waals surface area contributed by atoms with Crippen molar-refractivity contribution in [2.75, 3.05) is 11.9 Å². The van der Waals surface area contributed by atoms with Crippen molar-refractivity contribution in [3.63, 3.8) is 0 Å². The number of furan rings is 1. The third-order valence-corrected chi connectivity index (χ3v) is 7.33. The third-order valence-electron chi connectivity index (χ3n) is 5.47. The van der Waals surface area contributed by atoms with Gasteiger partial charge in [0.2, 0.25) is 10.0 Å². The molecule has 0 aliphatic carbocycles. The minimum atomic E-state index is -3.57. The van der Waals surface area contributed by atoms with Crippen LogP contribution < -0.4 is 5.32 Å². The fraction of sp³-hybridized carbons (Fsp3) is 0.125. The van der Waals surface area contributed by atoms with E-state index in [1.54, 1.807) is 36.4 Å². The summed E-state index contributed by atoms with van der Waals surface area (Å²) in [5, 5.41) is 3.71. The Morgan fingerprint density at radius 1 is 0.903 bits per heavy atom. The van der Waals surface area contributed by atoms with Crippen molar-refractivity contribution in [3.05, 3.63) is 95.7 Å². The van der Waals surface area contributed by atoms with E-state index < -0.39 is 10.0 Å². The summed E-state index contributed by atoms with van der Waals surface area (Å²) in [6.45, 7) is 0.690.